The minimum atomic E-state index is -0.565. The predicted octanol–water partition coefficient (Wildman–Crippen LogP) is 3.19. The van der Waals surface area contributed by atoms with E-state index >= 15 is 0 Å². The number of aromatic hydroxyl groups is 1. The Bertz CT molecular complexity index is 275. The van der Waals surface area contributed by atoms with Gasteiger partial charge in [-0.3, -0.25) is 0 Å². The molecule has 1 N–H and O–H groups in total. The lowest BCUT2D eigenvalue weighted by molar-refractivity contribution is 0.429. The van der Waals surface area contributed by atoms with Crippen LogP contribution in [0, 0.1) is 5.82 Å². The van der Waals surface area contributed by atoms with Crippen LogP contribution in [0.5, 0.6) is 5.75 Å². The van der Waals surface area contributed by atoms with Crippen molar-refractivity contribution < 1.29 is 9.50 Å². The second-order valence-corrected chi connectivity index (χ2v) is 3.51. The molecule has 0 fully saturated rings. The van der Waals surface area contributed by atoms with Gasteiger partial charge in [0, 0.05) is 15.4 Å². The first-order valence-corrected chi connectivity index (χ1v) is 4.79. The maximum Gasteiger partial charge on any atom is 0.168 e. The van der Waals surface area contributed by atoms with E-state index in [4.69, 9.17) is 5.11 Å². The topological polar surface area (TPSA) is 20.2 Å². The molecule has 0 aliphatic heterocycles. The van der Waals surface area contributed by atoms with Gasteiger partial charge in [0.1, 0.15) is 0 Å². The number of hydrogen-bond acceptors (Lipinski definition) is 1. The highest BCUT2D eigenvalue weighted by Gasteiger charge is 2.06. The Kier molecular flexibility index (Phi) is 2.90. The zero-order chi connectivity index (χ0) is 8.43. The summed E-state index contributed by atoms with van der Waals surface area (Å²) in [7, 11) is 0. The Morgan fingerprint density at radius 2 is 2.09 bits per heavy atom. The molecule has 0 aliphatic carbocycles. The summed E-state index contributed by atoms with van der Waals surface area (Å²) in [5, 5.41) is 9.38. The van der Waals surface area contributed by atoms with Crippen molar-refractivity contribution >= 4 is 31.9 Å². The molecule has 0 atom stereocenters. The average Bonchev–Trinajstić information content (AvgIpc) is 1.96. The summed E-state index contributed by atoms with van der Waals surface area (Å²) in [5.74, 6) is -0.890. The van der Waals surface area contributed by atoms with Crippen molar-refractivity contribution in [3.63, 3.8) is 0 Å². The summed E-state index contributed by atoms with van der Waals surface area (Å²) in [6.45, 7) is 0. The van der Waals surface area contributed by atoms with Gasteiger partial charge >= 0.3 is 0 Å². The molecular formula is C7H5Br2FO. The van der Waals surface area contributed by atoms with Gasteiger partial charge in [-0.25, -0.2) is 4.39 Å². The van der Waals surface area contributed by atoms with E-state index in [0.29, 0.717) is 15.4 Å². The summed E-state index contributed by atoms with van der Waals surface area (Å²) in [4.78, 5) is 0. The second kappa shape index (κ2) is 3.54. The second-order valence-electron chi connectivity index (χ2n) is 2.03. The standard InChI is InChI=1S/C7H5Br2FO/c8-3-4-1-5(9)2-6(11)7(4)10/h1-2,11H,3H2. The lowest BCUT2D eigenvalue weighted by Gasteiger charge is -2.01. The van der Waals surface area contributed by atoms with Crippen molar-refractivity contribution in [3.8, 4) is 5.75 Å². The molecule has 0 amide bonds. The molecule has 0 bridgehead atoms. The van der Waals surface area contributed by atoms with Crippen LogP contribution in [0.4, 0.5) is 4.39 Å². The fourth-order valence-corrected chi connectivity index (χ4v) is 1.63. The average molecular weight is 284 g/mol. The fraction of sp³-hybridized carbons (Fsp3) is 0.143. The van der Waals surface area contributed by atoms with Gasteiger partial charge in [-0.15, -0.1) is 0 Å². The highest BCUT2D eigenvalue weighted by Crippen LogP contribution is 2.26. The molecule has 0 saturated heterocycles. The number of benzene rings is 1. The number of alkyl halides is 1. The summed E-state index contributed by atoms with van der Waals surface area (Å²) in [6, 6.07) is 2.94. The number of halogens is 3. The zero-order valence-corrected chi connectivity index (χ0v) is 8.61. The van der Waals surface area contributed by atoms with Crippen LogP contribution in [0.15, 0.2) is 16.6 Å². The molecule has 1 nitrogen and oxygen atoms in total. The summed E-state index contributed by atoms with van der Waals surface area (Å²) < 4.78 is 13.6. The van der Waals surface area contributed by atoms with Gasteiger partial charge < -0.3 is 5.11 Å². The van der Waals surface area contributed by atoms with Crippen molar-refractivity contribution in [1.29, 1.82) is 0 Å². The SMILES string of the molecule is Oc1cc(Br)cc(CBr)c1F. The predicted molar refractivity (Wildman–Crippen MR) is 48.4 cm³/mol. The van der Waals surface area contributed by atoms with Crippen LogP contribution in [0.25, 0.3) is 0 Å². The van der Waals surface area contributed by atoms with Crippen LogP contribution in [0.1, 0.15) is 5.56 Å². The van der Waals surface area contributed by atoms with E-state index in [1.165, 1.54) is 6.07 Å². The fourth-order valence-electron chi connectivity index (χ4n) is 0.727. The highest BCUT2D eigenvalue weighted by molar-refractivity contribution is 9.10. The van der Waals surface area contributed by atoms with Gasteiger partial charge in [0.25, 0.3) is 0 Å². The molecule has 1 aromatic rings. The van der Waals surface area contributed by atoms with E-state index in [1.54, 1.807) is 6.07 Å². The van der Waals surface area contributed by atoms with Crippen molar-refractivity contribution in [1.82, 2.24) is 0 Å². The van der Waals surface area contributed by atoms with E-state index in [-0.39, 0.29) is 5.75 Å². The van der Waals surface area contributed by atoms with E-state index in [1.807, 2.05) is 0 Å². The summed E-state index contributed by atoms with van der Waals surface area (Å²) >= 11 is 6.25. The van der Waals surface area contributed by atoms with Gasteiger partial charge in [-0.05, 0) is 12.1 Å². The molecule has 0 heterocycles. The molecule has 4 heteroatoms. The van der Waals surface area contributed by atoms with E-state index in [0.717, 1.165) is 0 Å². The summed E-state index contributed by atoms with van der Waals surface area (Å²) in [6.07, 6.45) is 0. The minimum absolute atomic E-state index is 0.325. The molecule has 0 unspecified atom stereocenters. The minimum Gasteiger partial charge on any atom is -0.505 e. The molecule has 0 radical (unpaired) electrons. The number of phenolic OH excluding ortho intramolecular Hbond substituents is 1. The summed E-state index contributed by atoms with van der Waals surface area (Å²) in [5.41, 5.74) is 0.442. The first-order valence-electron chi connectivity index (χ1n) is 2.88. The Balaban J connectivity index is 3.24. The van der Waals surface area contributed by atoms with Gasteiger partial charge in [-0.1, -0.05) is 31.9 Å². The third kappa shape index (κ3) is 1.93. The molecular weight excluding hydrogens is 279 g/mol. The Morgan fingerprint density at radius 1 is 1.45 bits per heavy atom. The first-order chi connectivity index (χ1) is 5.15. The molecule has 0 spiro atoms. The van der Waals surface area contributed by atoms with Crippen LogP contribution >= 0.6 is 31.9 Å². The van der Waals surface area contributed by atoms with Crippen molar-refractivity contribution in [3.05, 3.63) is 28.0 Å². The number of hydrogen-bond donors (Lipinski definition) is 1. The normalized spacial score (nSPS) is 10.1. The lowest BCUT2D eigenvalue weighted by atomic mass is 10.2. The largest absolute Gasteiger partial charge is 0.505 e. The molecule has 0 aliphatic rings. The van der Waals surface area contributed by atoms with Crippen LogP contribution in [0.3, 0.4) is 0 Å². The molecule has 1 rings (SSSR count). The van der Waals surface area contributed by atoms with Crippen molar-refractivity contribution in [2.24, 2.45) is 0 Å². The van der Waals surface area contributed by atoms with Crippen LogP contribution in [-0.4, -0.2) is 5.11 Å². The first kappa shape index (κ1) is 9.00. The Morgan fingerprint density at radius 3 is 2.64 bits per heavy atom. The van der Waals surface area contributed by atoms with E-state index in [2.05, 4.69) is 31.9 Å². The third-order valence-electron chi connectivity index (χ3n) is 1.24. The Hall–Kier alpha value is -0.0900. The maximum absolute atomic E-state index is 12.9. The van der Waals surface area contributed by atoms with Gasteiger partial charge in [-0.2, -0.15) is 0 Å². The number of rotatable bonds is 1. The molecule has 60 valence electrons. The van der Waals surface area contributed by atoms with E-state index < -0.39 is 5.82 Å². The van der Waals surface area contributed by atoms with Crippen molar-refractivity contribution in [2.45, 2.75) is 5.33 Å². The molecule has 0 aromatic heterocycles. The van der Waals surface area contributed by atoms with Crippen LogP contribution in [-0.2, 0) is 5.33 Å². The highest BCUT2D eigenvalue weighted by atomic mass is 79.9. The quantitative estimate of drug-likeness (QED) is 0.785. The van der Waals surface area contributed by atoms with Crippen LogP contribution in [0.2, 0.25) is 0 Å². The van der Waals surface area contributed by atoms with Crippen molar-refractivity contribution in [2.75, 3.05) is 0 Å². The van der Waals surface area contributed by atoms with Gasteiger partial charge in [0.05, 0.1) is 0 Å². The molecule has 1 aromatic carbocycles. The van der Waals surface area contributed by atoms with Gasteiger partial charge in [0.2, 0.25) is 0 Å². The monoisotopic (exact) mass is 282 g/mol. The third-order valence-corrected chi connectivity index (χ3v) is 2.30. The molecule has 0 saturated carbocycles. The molecule has 11 heavy (non-hydrogen) atoms. The van der Waals surface area contributed by atoms with Gasteiger partial charge in [0.15, 0.2) is 11.6 Å². The zero-order valence-electron chi connectivity index (χ0n) is 5.44. The number of phenols is 1. The maximum atomic E-state index is 12.9. The Labute approximate surface area is 80.5 Å². The smallest absolute Gasteiger partial charge is 0.168 e. The van der Waals surface area contributed by atoms with Crippen LogP contribution < -0.4 is 0 Å². The lowest BCUT2D eigenvalue weighted by Crippen LogP contribution is -1.86. The van der Waals surface area contributed by atoms with E-state index in [9.17, 15) is 4.39 Å².